The van der Waals surface area contributed by atoms with Crippen LogP contribution in [0.5, 0.6) is 0 Å². The Morgan fingerprint density at radius 2 is 1.44 bits per heavy atom. The molecule has 0 atom stereocenters. The van der Waals surface area contributed by atoms with Crippen molar-refractivity contribution < 1.29 is 0 Å². The van der Waals surface area contributed by atoms with Gasteiger partial charge >= 0.3 is 0 Å². The first-order valence-corrected chi connectivity index (χ1v) is 8.34. The van der Waals surface area contributed by atoms with E-state index in [0.717, 1.165) is 5.25 Å². The third kappa shape index (κ3) is 4.67. The van der Waals surface area contributed by atoms with Gasteiger partial charge in [0.2, 0.25) is 0 Å². The highest BCUT2D eigenvalue weighted by Crippen LogP contribution is 2.27. The van der Waals surface area contributed by atoms with Crippen LogP contribution in [0, 0.1) is 0 Å². The van der Waals surface area contributed by atoms with Crippen molar-refractivity contribution in [3.63, 3.8) is 0 Å². The quantitative estimate of drug-likeness (QED) is 0.686. The summed E-state index contributed by atoms with van der Waals surface area (Å²) in [5.74, 6) is 1.38. The van der Waals surface area contributed by atoms with E-state index in [0.29, 0.717) is 0 Å². The first kappa shape index (κ1) is 12.8. The minimum atomic E-state index is 0.993. The summed E-state index contributed by atoms with van der Waals surface area (Å²) in [6.45, 7) is 4.08. The molecule has 0 aromatic heterocycles. The SMILES string of the molecule is C1CCCC(SCCN2CCCCC2)CC1. The number of thioether (sulfide) groups is 1. The lowest BCUT2D eigenvalue weighted by atomic mass is 10.1. The van der Waals surface area contributed by atoms with E-state index >= 15 is 0 Å². The molecule has 0 radical (unpaired) electrons. The summed E-state index contributed by atoms with van der Waals surface area (Å²) in [5.41, 5.74) is 0. The molecule has 1 aliphatic carbocycles. The molecule has 0 spiro atoms. The lowest BCUT2D eigenvalue weighted by Crippen LogP contribution is -2.31. The van der Waals surface area contributed by atoms with E-state index in [9.17, 15) is 0 Å². The Morgan fingerprint density at radius 3 is 2.12 bits per heavy atom. The molecule has 0 amide bonds. The van der Waals surface area contributed by atoms with Crippen LogP contribution in [0.3, 0.4) is 0 Å². The summed E-state index contributed by atoms with van der Waals surface area (Å²) in [7, 11) is 0. The van der Waals surface area contributed by atoms with Gasteiger partial charge in [-0.05, 0) is 38.8 Å². The number of piperidine rings is 1. The van der Waals surface area contributed by atoms with Gasteiger partial charge in [0.25, 0.3) is 0 Å². The molecule has 1 saturated heterocycles. The fraction of sp³-hybridized carbons (Fsp3) is 1.00. The van der Waals surface area contributed by atoms with Gasteiger partial charge < -0.3 is 4.90 Å². The molecule has 0 bridgehead atoms. The van der Waals surface area contributed by atoms with Gasteiger partial charge in [0.1, 0.15) is 0 Å². The topological polar surface area (TPSA) is 3.24 Å². The second-order valence-electron chi connectivity index (χ2n) is 5.39. The van der Waals surface area contributed by atoms with E-state index in [2.05, 4.69) is 16.7 Å². The molecule has 0 aromatic carbocycles. The molecule has 0 aromatic rings. The van der Waals surface area contributed by atoms with Crippen molar-refractivity contribution in [3.05, 3.63) is 0 Å². The molecule has 0 unspecified atom stereocenters. The molecule has 2 heteroatoms. The first-order valence-electron chi connectivity index (χ1n) is 7.29. The standard InChI is InChI=1S/C14H27NS/c1-2-5-9-14(8-4-1)16-13-12-15-10-6-3-7-11-15/h14H,1-13H2. The zero-order valence-electron chi connectivity index (χ0n) is 10.6. The van der Waals surface area contributed by atoms with Crippen LogP contribution >= 0.6 is 11.8 Å². The van der Waals surface area contributed by atoms with Crippen molar-refractivity contribution in [1.29, 1.82) is 0 Å². The minimum Gasteiger partial charge on any atom is -0.303 e. The molecular formula is C14H27NS. The summed E-state index contributed by atoms with van der Waals surface area (Å²) < 4.78 is 0. The normalized spacial score (nSPS) is 25.5. The first-order chi connectivity index (χ1) is 7.95. The summed E-state index contributed by atoms with van der Waals surface area (Å²) in [5, 5.41) is 0.993. The number of nitrogens with zero attached hydrogens (tertiary/aromatic N) is 1. The highest BCUT2D eigenvalue weighted by molar-refractivity contribution is 7.99. The monoisotopic (exact) mass is 241 g/mol. The maximum atomic E-state index is 2.67. The molecule has 2 rings (SSSR count). The van der Waals surface area contributed by atoms with Crippen molar-refractivity contribution in [3.8, 4) is 0 Å². The third-order valence-corrected chi connectivity index (χ3v) is 5.37. The molecule has 16 heavy (non-hydrogen) atoms. The van der Waals surface area contributed by atoms with E-state index in [1.165, 1.54) is 83.2 Å². The second kappa shape index (κ2) is 7.60. The number of hydrogen-bond donors (Lipinski definition) is 0. The van der Waals surface area contributed by atoms with Gasteiger partial charge in [0, 0.05) is 17.5 Å². The molecule has 1 heterocycles. The largest absolute Gasteiger partial charge is 0.303 e. The molecule has 2 fully saturated rings. The Balaban J connectivity index is 1.55. The van der Waals surface area contributed by atoms with Gasteiger partial charge in [-0.15, -0.1) is 0 Å². The van der Waals surface area contributed by atoms with Crippen LogP contribution in [0.2, 0.25) is 0 Å². The maximum Gasteiger partial charge on any atom is 0.00724 e. The Kier molecular flexibility index (Phi) is 6.06. The van der Waals surface area contributed by atoms with Crippen LogP contribution in [0.4, 0.5) is 0 Å². The van der Waals surface area contributed by atoms with Crippen molar-refractivity contribution in [2.45, 2.75) is 63.0 Å². The third-order valence-electron chi connectivity index (χ3n) is 4.01. The van der Waals surface area contributed by atoms with Crippen molar-refractivity contribution >= 4 is 11.8 Å². The number of likely N-dealkylation sites (tertiary alicyclic amines) is 1. The average Bonchev–Trinajstić information content (AvgIpc) is 2.59. The van der Waals surface area contributed by atoms with Gasteiger partial charge in [-0.1, -0.05) is 32.1 Å². The van der Waals surface area contributed by atoms with Gasteiger partial charge in [0.05, 0.1) is 0 Å². The van der Waals surface area contributed by atoms with Gasteiger partial charge in [0.15, 0.2) is 0 Å². The van der Waals surface area contributed by atoms with Gasteiger partial charge in [-0.25, -0.2) is 0 Å². The average molecular weight is 241 g/mol. The molecule has 0 N–H and O–H groups in total. The maximum absolute atomic E-state index is 2.67. The summed E-state index contributed by atoms with van der Waals surface area (Å²) in [6, 6.07) is 0. The molecule has 1 nitrogen and oxygen atoms in total. The van der Waals surface area contributed by atoms with E-state index in [1.807, 2.05) is 0 Å². The Bertz CT molecular complexity index is 170. The zero-order chi connectivity index (χ0) is 11.1. The lowest BCUT2D eigenvalue weighted by Gasteiger charge is -2.26. The summed E-state index contributed by atoms with van der Waals surface area (Å²) in [6.07, 6.45) is 13.3. The molecule has 94 valence electrons. The summed E-state index contributed by atoms with van der Waals surface area (Å²) in [4.78, 5) is 2.67. The predicted octanol–water partition coefficient (Wildman–Crippen LogP) is 3.93. The molecule has 1 aliphatic heterocycles. The van der Waals surface area contributed by atoms with Crippen LogP contribution in [0.15, 0.2) is 0 Å². The van der Waals surface area contributed by atoms with Crippen LogP contribution in [0.1, 0.15) is 57.8 Å². The molecule has 1 saturated carbocycles. The van der Waals surface area contributed by atoms with Crippen LogP contribution < -0.4 is 0 Å². The highest BCUT2D eigenvalue weighted by Gasteiger charge is 2.14. The van der Waals surface area contributed by atoms with Crippen molar-refractivity contribution in [2.24, 2.45) is 0 Å². The Morgan fingerprint density at radius 1 is 0.812 bits per heavy atom. The van der Waals surface area contributed by atoms with Gasteiger partial charge in [-0.3, -0.25) is 0 Å². The smallest absolute Gasteiger partial charge is 0.00724 e. The van der Waals surface area contributed by atoms with Crippen molar-refractivity contribution in [2.75, 3.05) is 25.4 Å². The Hall–Kier alpha value is 0.310. The van der Waals surface area contributed by atoms with E-state index in [4.69, 9.17) is 0 Å². The van der Waals surface area contributed by atoms with E-state index in [-0.39, 0.29) is 0 Å². The van der Waals surface area contributed by atoms with Crippen LogP contribution in [-0.2, 0) is 0 Å². The van der Waals surface area contributed by atoms with E-state index < -0.39 is 0 Å². The predicted molar refractivity (Wildman–Crippen MR) is 74.2 cm³/mol. The zero-order valence-corrected chi connectivity index (χ0v) is 11.4. The minimum absolute atomic E-state index is 0.993. The summed E-state index contributed by atoms with van der Waals surface area (Å²) >= 11 is 2.26. The molecular weight excluding hydrogens is 214 g/mol. The Labute approximate surface area is 105 Å². The second-order valence-corrected chi connectivity index (χ2v) is 6.79. The van der Waals surface area contributed by atoms with Gasteiger partial charge in [-0.2, -0.15) is 11.8 Å². The number of rotatable bonds is 4. The van der Waals surface area contributed by atoms with Crippen LogP contribution in [-0.4, -0.2) is 35.5 Å². The lowest BCUT2D eigenvalue weighted by molar-refractivity contribution is 0.242. The number of hydrogen-bond acceptors (Lipinski definition) is 2. The van der Waals surface area contributed by atoms with Crippen molar-refractivity contribution in [1.82, 2.24) is 4.90 Å². The fourth-order valence-corrected chi connectivity index (χ4v) is 4.30. The highest BCUT2D eigenvalue weighted by atomic mass is 32.2. The van der Waals surface area contributed by atoms with E-state index in [1.54, 1.807) is 0 Å². The molecule has 2 aliphatic rings. The fourth-order valence-electron chi connectivity index (χ4n) is 2.94. The van der Waals surface area contributed by atoms with Crippen LogP contribution in [0.25, 0.3) is 0 Å².